The molecular weight excluding hydrogens is 368 g/mol. The normalized spacial score (nSPS) is 19.8. The maximum atomic E-state index is 12.7. The number of piperazine rings is 1. The second-order valence-corrected chi connectivity index (χ2v) is 6.31. The highest BCUT2D eigenvalue weighted by atomic mass is 16.7. The van der Waals surface area contributed by atoms with Crippen LogP contribution >= 0.6 is 0 Å². The molecule has 1 aliphatic rings. The van der Waals surface area contributed by atoms with Crippen molar-refractivity contribution >= 4 is 12.0 Å². The Morgan fingerprint density at radius 3 is 2.54 bits per heavy atom. The molecule has 0 aromatic heterocycles. The van der Waals surface area contributed by atoms with Crippen LogP contribution in [-0.2, 0) is 30.3 Å². The zero-order valence-electron chi connectivity index (χ0n) is 16.3. The average molecular weight is 396 g/mol. The van der Waals surface area contributed by atoms with Gasteiger partial charge in [-0.15, -0.1) is 0 Å². The molecule has 28 heavy (non-hydrogen) atoms. The second kappa shape index (κ2) is 11.6. The van der Waals surface area contributed by atoms with Crippen molar-refractivity contribution in [3.05, 3.63) is 35.9 Å². The topological polar surface area (TPSA) is 97.8 Å². The van der Waals surface area contributed by atoms with Crippen molar-refractivity contribution in [2.45, 2.75) is 18.6 Å². The molecule has 0 aliphatic carbocycles. The number of carbonyl (C=O) groups is 2. The van der Waals surface area contributed by atoms with Gasteiger partial charge in [0.25, 0.3) is 0 Å². The Labute approximate surface area is 164 Å². The van der Waals surface area contributed by atoms with Gasteiger partial charge >= 0.3 is 6.09 Å². The van der Waals surface area contributed by atoms with Crippen molar-refractivity contribution in [3.63, 3.8) is 0 Å². The third kappa shape index (κ3) is 5.90. The molecule has 9 heteroatoms. The van der Waals surface area contributed by atoms with Gasteiger partial charge in [-0.25, -0.2) is 4.79 Å². The number of rotatable bonds is 10. The number of aliphatic hydroxyl groups excluding tert-OH is 1. The summed E-state index contributed by atoms with van der Waals surface area (Å²) < 4.78 is 20.5. The first-order chi connectivity index (χ1) is 13.6. The number of hydrogen-bond acceptors (Lipinski definition) is 7. The van der Waals surface area contributed by atoms with Crippen LogP contribution in [0.2, 0.25) is 0 Å². The Balaban J connectivity index is 2.09. The lowest BCUT2D eigenvalue weighted by Crippen LogP contribution is -2.65. The van der Waals surface area contributed by atoms with Crippen LogP contribution in [-0.4, -0.2) is 93.0 Å². The van der Waals surface area contributed by atoms with E-state index in [1.807, 2.05) is 30.3 Å². The summed E-state index contributed by atoms with van der Waals surface area (Å²) in [6, 6.07) is 8.29. The lowest BCUT2D eigenvalue weighted by molar-refractivity contribution is -0.150. The van der Waals surface area contributed by atoms with E-state index in [1.54, 1.807) is 12.0 Å². The molecule has 1 aliphatic heterocycles. The van der Waals surface area contributed by atoms with E-state index in [2.05, 4.69) is 0 Å². The number of nitrogens with zero attached hydrogens (tertiary/aromatic N) is 2. The van der Waals surface area contributed by atoms with E-state index in [9.17, 15) is 14.7 Å². The van der Waals surface area contributed by atoms with Gasteiger partial charge in [0.1, 0.15) is 13.3 Å². The minimum atomic E-state index is -0.639. The van der Waals surface area contributed by atoms with Crippen LogP contribution in [0.15, 0.2) is 30.3 Å². The number of carbonyl (C=O) groups excluding carboxylic acids is 2. The lowest BCUT2D eigenvalue weighted by atomic mass is 10.0. The minimum Gasteiger partial charge on any atom is -0.453 e. The third-order valence-corrected chi connectivity index (χ3v) is 4.55. The van der Waals surface area contributed by atoms with Crippen molar-refractivity contribution in [2.75, 3.05) is 54.0 Å². The van der Waals surface area contributed by atoms with E-state index in [1.165, 1.54) is 12.0 Å². The zero-order chi connectivity index (χ0) is 20.4. The van der Waals surface area contributed by atoms with Crippen LogP contribution in [0.4, 0.5) is 4.79 Å². The van der Waals surface area contributed by atoms with Gasteiger partial charge in [0.15, 0.2) is 0 Å². The molecule has 2 amide bonds. The summed E-state index contributed by atoms with van der Waals surface area (Å²) in [4.78, 5) is 27.7. The number of ether oxygens (including phenoxy) is 4. The predicted octanol–water partition coefficient (Wildman–Crippen LogP) is 0.464. The lowest BCUT2D eigenvalue weighted by Gasteiger charge is -2.45. The summed E-state index contributed by atoms with van der Waals surface area (Å²) in [6.45, 7) is 0.801. The maximum Gasteiger partial charge on any atom is 0.410 e. The van der Waals surface area contributed by atoms with E-state index in [-0.39, 0.29) is 32.5 Å². The van der Waals surface area contributed by atoms with Crippen molar-refractivity contribution in [1.82, 2.24) is 9.80 Å². The van der Waals surface area contributed by atoms with Gasteiger partial charge in [0, 0.05) is 13.7 Å². The molecule has 0 saturated carbocycles. The van der Waals surface area contributed by atoms with Gasteiger partial charge < -0.3 is 29.0 Å². The van der Waals surface area contributed by atoms with Gasteiger partial charge in [-0.1, -0.05) is 30.3 Å². The van der Waals surface area contributed by atoms with E-state index >= 15 is 0 Å². The summed E-state index contributed by atoms with van der Waals surface area (Å²) >= 11 is 0. The first-order valence-corrected chi connectivity index (χ1v) is 9.05. The highest BCUT2D eigenvalue weighted by Crippen LogP contribution is 2.22. The number of benzene rings is 1. The number of amides is 2. The highest BCUT2D eigenvalue weighted by molar-refractivity contribution is 5.84. The minimum absolute atomic E-state index is 0.0135. The van der Waals surface area contributed by atoms with Gasteiger partial charge in [-0.3, -0.25) is 9.69 Å². The summed E-state index contributed by atoms with van der Waals surface area (Å²) in [6.07, 6.45) is -0.639. The molecule has 0 radical (unpaired) electrons. The summed E-state index contributed by atoms with van der Waals surface area (Å²) in [7, 11) is 2.83. The molecule has 0 unspecified atom stereocenters. The second-order valence-electron chi connectivity index (χ2n) is 6.31. The molecule has 1 heterocycles. The Hall–Kier alpha value is -2.20. The highest BCUT2D eigenvalue weighted by Gasteiger charge is 2.43. The van der Waals surface area contributed by atoms with E-state index in [0.717, 1.165) is 5.56 Å². The van der Waals surface area contributed by atoms with E-state index in [4.69, 9.17) is 18.9 Å². The fourth-order valence-electron chi connectivity index (χ4n) is 3.11. The molecular formula is C19H28N2O7. The first kappa shape index (κ1) is 22.1. The zero-order valence-corrected chi connectivity index (χ0v) is 16.3. The Morgan fingerprint density at radius 2 is 1.89 bits per heavy atom. The van der Waals surface area contributed by atoms with Gasteiger partial charge in [-0.2, -0.15) is 0 Å². The van der Waals surface area contributed by atoms with E-state index < -0.39 is 18.2 Å². The largest absolute Gasteiger partial charge is 0.453 e. The Kier molecular flexibility index (Phi) is 9.15. The van der Waals surface area contributed by atoms with E-state index in [0.29, 0.717) is 19.8 Å². The Morgan fingerprint density at radius 1 is 1.14 bits per heavy atom. The monoisotopic (exact) mass is 396 g/mol. The van der Waals surface area contributed by atoms with Crippen molar-refractivity contribution in [3.8, 4) is 0 Å². The average Bonchev–Trinajstić information content (AvgIpc) is 2.72. The van der Waals surface area contributed by atoms with Gasteiger partial charge in [0.2, 0.25) is 5.91 Å². The fourth-order valence-corrected chi connectivity index (χ4v) is 3.11. The molecule has 2 atom stereocenters. The predicted molar refractivity (Wildman–Crippen MR) is 99.4 cm³/mol. The van der Waals surface area contributed by atoms with Crippen LogP contribution in [0.5, 0.6) is 0 Å². The molecule has 156 valence electrons. The quantitative estimate of drug-likeness (QED) is 0.453. The van der Waals surface area contributed by atoms with Crippen molar-refractivity contribution in [2.24, 2.45) is 0 Å². The standard InChI is InChI=1S/C19H28N2O7/c1-25-8-9-27-14-28-13-17-16(12-22)20(10-15-6-4-3-5-7-15)18(23)11-21(17)19(24)26-2/h3-7,16-17,22H,8-14H2,1-2H3/t16-,17+/m1/s1. The molecule has 0 bridgehead atoms. The summed E-state index contributed by atoms with van der Waals surface area (Å²) in [5, 5.41) is 10.00. The van der Waals surface area contributed by atoms with Crippen LogP contribution < -0.4 is 0 Å². The molecule has 1 fully saturated rings. The van der Waals surface area contributed by atoms with Crippen LogP contribution in [0.3, 0.4) is 0 Å². The molecule has 9 nitrogen and oxygen atoms in total. The maximum absolute atomic E-state index is 12.7. The van der Waals surface area contributed by atoms with Crippen LogP contribution in [0, 0.1) is 0 Å². The summed E-state index contributed by atoms with van der Waals surface area (Å²) in [5.41, 5.74) is 0.934. The molecule has 0 spiro atoms. The smallest absolute Gasteiger partial charge is 0.410 e. The first-order valence-electron chi connectivity index (χ1n) is 9.05. The Bertz CT molecular complexity index is 614. The number of aliphatic hydroxyl groups is 1. The SMILES string of the molecule is COCCOCOC[C@H]1[C@@H](CO)N(Cc2ccccc2)C(=O)CN1C(=O)OC. The fraction of sp³-hybridized carbons (Fsp3) is 0.579. The van der Waals surface area contributed by atoms with Crippen molar-refractivity contribution in [1.29, 1.82) is 0 Å². The third-order valence-electron chi connectivity index (χ3n) is 4.55. The molecule has 1 aromatic rings. The van der Waals surface area contributed by atoms with Crippen molar-refractivity contribution < 1.29 is 33.6 Å². The van der Waals surface area contributed by atoms with Crippen LogP contribution in [0.25, 0.3) is 0 Å². The molecule has 1 saturated heterocycles. The molecule has 1 N–H and O–H groups in total. The summed E-state index contributed by atoms with van der Waals surface area (Å²) in [5.74, 6) is -0.263. The van der Waals surface area contributed by atoms with Gasteiger partial charge in [0.05, 0.1) is 45.6 Å². The molecule has 1 aromatic carbocycles. The number of hydrogen-bond donors (Lipinski definition) is 1. The molecule has 2 rings (SSSR count). The van der Waals surface area contributed by atoms with Crippen LogP contribution in [0.1, 0.15) is 5.56 Å². The van der Waals surface area contributed by atoms with Gasteiger partial charge in [-0.05, 0) is 5.56 Å². The number of methoxy groups -OCH3 is 2.